The van der Waals surface area contributed by atoms with E-state index in [-0.39, 0.29) is 11.7 Å². The molecule has 0 radical (unpaired) electrons. The van der Waals surface area contributed by atoms with Crippen molar-refractivity contribution in [3.8, 4) is 0 Å². The molecule has 1 N–H and O–H groups in total. The molecule has 0 spiro atoms. The second kappa shape index (κ2) is 4.63. The Kier molecular flexibility index (Phi) is 2.95. The number of nitrogens with one attached hydrogen (secondary N) is 1. The van der Waals surface area contributed by atoms with Crippen LogP contribution in [0.3, 0.4) is 0 Å². The van der Waals surface area contributed by atoms with E-state index in [1.54, 1.807) is 12.1 Å². The van der Waals surface area contributed by atoms with Crippen molar-refractivity contribution < 1.29 is 9.18 Å². The summed E-state index contributed by atoms with van der Waals surface area (Å²) in [7, 11) is 0. The summed E-state index contributed by atoms with van der Waals surface area (Å²) in [6.45, 7) is 0. The highest BCUT2D eigenvalue weighted by atomic mass is 79.9. The molecule has 0 unspecified atom stereocenters. The van der Waals surface area contributed by atoms with Gasteiger partial charge in [0, 0.05) is 21.3 Å². The van der Waals surface area contributed by atoms with Crippen LogP contribution in [0.2, 0.25) is 0 Å². The van der Waals surface area contributed by atoms with Crippen molar-refractivity contribution in [2.45, 2.75) is 0 Å². The van der Waals surface area contributed by atoms with E-state index in [1.807, 2.05) is 24.3 Å². The number of hydrogen-bond acceptors (Lipinski definition) is 1. The Labute approximate surface area is 118 Å². The van der Waals surface area contributed by atoms with Crippen LogP contribution in [0, 0.1) is 5.82 Å². The van der Waals surface area contributed by atoms with Crippen molar-refractivity contribution in [2.24, 2.45) is 0 Å². The van der Waals surface area contributed by atoms with E-state index >= 15 is 0 Å². The molecule has 1 amide bonds. The molecule has 3 rings (SSSR count). The molecular formula is C15H9BrFNO. The Morgan fingerprint density at radius 2 is 1.84 bits per heavy atom. The molecule has 1 heterocycles. The maximum atomic E-state index is 13.3. The molecule has 2 aromatic rings. The fourth-order valence-corrected chi connectivity index (χ4v) is 2.29. The lowest BCUT2D eigenvalue weighted by atomic mass is 10.0. The number of fused-ring (bicyclic) bond motifs is 1. The van der Waals surface area contributed by atoms with E-state index in [2.05, 4.69) is 21.2 Å². The number of hydrogen-bond donors (Lipinski definition) is 1. The van der Waals surface area contributed by atoms with Crippen molar-refractivity contribution >= 4 is 39.2 Å². The third kappa shape index (κ3) is 2.31. The monoisotopic (exact) mass is 317 g/mol. The van der Waals surface area contributed by atoms with E-state index < -0.39 is 0 Å². The first-order chi connectivity index (χ1) is 9.13. The van der Waals surface area contributed by atoms with Gasteiger partial charge >= 0.3 is 0 Å². The van der Waals surface area contributed by atoms with Gasteiger partial charge in [-0.25, -0.2) is 4.39 Å². The maximum absolute atomic E-state index is 13.3. The van der Waals surface area contributed by atoms with Crippen LogP contribution in [0.25, 0.3) is 11.6 Å². The number of benzene rings is 2. The molecule has 0 bridgehead atoms. The Hall–Kier alpha value is -1.94. The van der Waals surface area contributed by atoms with Gasteiger partial charge in [0.05, 0.1) is 0 Å². The average molecular weight is 318 g/mol. The van der Waals surface area contributed by atoms with Gasteiger partial charge < -0.3 is 5.32 Å². The van der Waals surface area contributed by atoms with E-state index in [0.29, 0.717) is 16.8 Å². The largest absolute Gasteiger partial charge is 0.321 e. The second-order valence-corrected chi connectivity index (χ2v) is 5.17. The molecule has 94 valence electrons. The molecule has 0 atom stereocenters. The number of anilines is 1. The van der Waals surface area contributed by atoms with Gasteiger partial charge in [0.15, 0.2) is 0 Å². The topological polar surface area (TPSA) is 29.1 Å². The summed E-state index contributed by atoms with van der Waals surface area (Å²) >= 11 is 3.36. The van der Waals surface area contributed by atoms with Crippen LogP contribution >= 0.6 is 15.9 Å². The van der Waals surface area contributed by atoms with E-state index in [1.165, 1.54) is 12.1 Å². The van der Waals surface area contributed by atoms with E-state index in [4.69, 9.17) is 0 Å². The second-order valence-electron chi connectivity index (χ2n) is 4.25. The summed E-state index contributed by atoms with van der Waals surface area (Å²) in [5.41, 5.74) is 2.63. The van der Waals surface area contributed by atoms with Gasteiger partial charge in [0.25, 0.3) is 5.91 Å². The van der Waals surface area contributed by atoms with Gasteiger partial charge in [-0.15, -0.1) is 0 Å². The van der Waals surface area contributed by atoms with Crippen LogP contribution in [0.1, 0.15) is 11.1 Å². The lowest BCUT2D eigenvalue weighted by Gasteiger charge is -1.99. The van der Waals surface area contributed by atoms with Gasteiger partial charge in [-0.2, -0.15) is 0 Å². The number of carbonyl (C=O) groups is 1. The van der Waals surface area contributed by atoms with Gasteiger partial charge in [-0.1, -0.05) is 28.1 Å². The summed E-state index contributed by atoms with van der Waals surface area (Å²) in [6, 6.07) is 11.9. The highest BCUT2D eigenvalue weighted by Crippen LogP contribution is 2.33. The van der Waals surface area contributed by atoms with E-state index in [0.717, 1.165) is 10.0 Å². The van der Waals surface area contributed by atoms with Crippen molar-refractivity contribution in [1.82, 2.24) is 0 Å². The minimum Gasteiger partial charge on any atom is -0.321 e. The van der Waals surface area contributed by atoms with Crippen LogP contribution in [-0.2, 0) is 4.79 Å². The first kappa shape index (κ1) is 12.1. The summed E-state index contributed by atoms with van der Waals surface area (Å²) in [6.07, 6.45) is 1.76. The predicted molar refractivity (Wildman–Crippen MR) is 77.0 cm³/mol. The van der Waals surface area contributed by atoms with Crippen molar-refractivity contribution in [1.29, 1.82) is 0 Å². The first-order valence-corrected chi connectivity index (χ1v) is 6.51. The quantitative estimate of drug-likeness (QED) is 0.789. The fraction of sp³-hybridized carbons (Fsp3) is 0. The molecule has 0 saturated heterocycles. The minimum absolute atomic E-state index is 0.205. The normalized spacial score (nSPS) is 15.5. The molecule has 4 heteroatoms. The third-order valence-electron chi connectivity index (χ3n) is 2.95. The SMILES string of the molecule is O=C1Nc2ccc(F)cc2C1=Cc1ccc(Br)cc1. The molecule has 0 aliphatic carbocycles. The zero-order valence-corrected chi connectivity index (χ0v) is 11.4. The number of amides is 1. The standard InChI is InChI=1S/C15H9BrFNO/c16-10-3-1-9(2-4-10)7-13-12-8-11(17)5-6-14(12)18-15(13)19/h1-8H,(H,18,19). The Balaban J connectivity index is 2.08. The van der Waals surface area contributed by atoms with Gasteiger partial charge in [-0.3, -0.25) is 4.79 Å². The first-order valence-electron chi connectivity index (χ1n) is 5.72. The van der Waals surface area contributed by atoms with Crippen LogP contribution in [0.15, 0.2) is 46.9 Å². The lowest BCUT2D eigenvalue weighted by molar-refractivity contribution is -0.110. The number of halogens is 2. The minimum atomic E-state index is -0.350. The van der Waals surface area contributed by atoms with Crippen LogP contribution in [-0.4, -0.2) is 5.91 Å². The predicted octanol–water partition coefficient (Wildman–Crippen LogP) is 4.08. The fourth-order valence-electron chi connectivity index (χ4n) is 2.03. The Morgan fingerprint density at radius 1 is 1.11 bits per heavy atom. The van der Waals surface area contributed by atoms with Gasteiger partial charge in [0.1, 0.15) is 5.82 Å². The molecule has 1 aliphatic rings. The summed E-state index contributed by atoms with van der Waals surface area (Å²) in [4.78, 5) is 11.9. The molecule has 1 aliphatic heterocycles. The van der Waals surface area contributed by atoms with Crippen LogP contribution < -0.4 is 5.32 Å². The molecule has 19 heavy (non-hydrogen) atoms. The smallest absolute Gasteiger partial charge is 0.256 e. The van der Waals surface area contributed by atoms with Crippen molar-refractivity contribution in [3.63, 3.8) is 0 Å². The molecule has 0 fully saturated rings. The summed E-state index contributed by atoms with van der Waals surface area (Å²) < 4.78 is 14.3. The van der Waals surface area contributed by atoms with Crippen molar-refractivity contribution in [3.05, 3.63) is 63.9 Å². The molecular weight excluding hydrogens is 309 g/mol. The highest BCUT2D eigenvalue weighted by molar-refractivity contribution is 9.10. The summed E-state index contributed by atoms with van der Waals surface area (Å²) in [5.74, 6) is -0.555. The zero-order chi connectivity index (χ0) is 13.4. The van der Waals surface area contributed by atoms with Crippen LogP contribution in [0.4, 0.5) is 10.1 Å². The van der Waals surface area contributed by atoms with Gasteiger partial charge in [-0.05, 0) is 42.0 Å². The number of rotatable bonds is 1. The van der Waals surface area contributed by atoms with Crippen molar-refractivity contribution in [2.75, 3.05) is 5.32 Å². The molecule has 0 saturated carbocycles. The third-order valence-corrected chi connectivity index (χ3v) is 3.47. The maximum Gasteiger partial charge on any atom is 0.256 e. The zero-order valence-electron chi connectivity index (χ0n) is 9.78. The number of carbonyl (C=O) groups excluding carboxylic acids is 1. The highest BCUT2D eigenvalue weighted by Gasteiger charge is 2.24. The van der Waals surface area contributed by atoms with Gasteiger partial charge in [0.2, 0.25) is 0 Å². The van der Waals surface area contributed by atoms with Crippen LogP contribution in [0.5, 0.6) is 0 Å². The lowest BCUT2D eigenvalue weighted by Crippen LogP contribution is -2.03. The Morgan fingerprint density at radius 3 is 2.58 bits per heavy atom. The Bertz CT molecular complexity index is 692. The molecule has 2 aromatic carbocycles. The molecule has 0 aromatic heterocycles. The average Bonchev–Trinajstić information content (AvgIpc) is 2.69. The molecule has 2 nitrogen and oxygen atoms in total. The van der Waals surface area contributed by atoms with E-state index in [9.17, 15) is 9.18 Å². The summed E-state index contributed by atoms with van der Waals surface area (Å²) in [5, 5.41) is 2.72.